The summed E-state index contributed by atoms with van der Waals surface area (Å²) in [7, 11) is 0. The fourth-order valence-corrected chi connectivity index (χ4v) is 4.01. The molecule has 3 heteroatoms. The first-order valence-electron chi connectivity index (χ1n) is 10.9. The zero-order valence-electron chi connectivity index (χ0n) is 18.3. The van der Waals surface area contributed by atoms with Crippen LogP contribution in [0.2, 0.25) is 0 Å². The number of rotatable bonds is 6. The number of hydrogen-bond acceptors (Lipinski definition) is 2. The van der Waals surface area contributed by atoms with Gasteiger partial charge >= 0.3 is 0 Å². The fraction of sp³-hybridized carbons (Fsp3) is 0.138. The fourth-order valence-electron chi connectivity index (χ4n) is 4.01. The summed E-state index contributed by atoms with van der Waals surface area (Å²) >= 11 is 0. The van der Waals surface area contributed by atoms with Gasteiger partial charge in [0.2, 0.25) is 0 Å². The Kier molecular flexibility index (Phi) is 6.37. The Bertz CT molecular complexity index is 1190. The van der Waals surface area contributed by atoms with Gasteiger partial charge in [0.1, 0.15) is 5.75 Å². The molecule has 2 unspecified atom stereocenters. The van der Waals surface area contributed by atoms with Gasteiger partial charge in [0.05, 0.1) is 5.56 Å². The summed E-state index contributed by atoms with van der Waals surface area (Å²) in [6.45, 7) is 4.18. The largest absolute Gasteiger partial charge is 0.507 e. The van der Waals surface area contributed by atoms with Crippen LogP contribution in [-0.2, 0) is 0 Å². The second kappa shape index (κ2) is 9.52. The van der Waals surface area contributed by atoms with E-state index in [1.807, 2.05) is 91.0 Å². The highest BCUT2D eigenvalue weighted by Gasteiger charge is 2.23. The van der Waals surface area contributed by atoms with E-state index in [9.17, 15) is 9.90 Å². The molecule has 0 radical (unpaired) electrons. The van der Waals surface area contributed by atoms with Gasteiger partial charge in [-0.05, 0) is 34.9 Å². The Morgan fingerprint density at radius 3 is 1.75 bits per heavy atom. The Morgan fingerprint density at radius 1 is 0.688 bits per heavy atom. The zero-order valence-corrected chi connectivity index (χ0v) is 18.3. The maximum absolute atomic E-state index is 13.2. The SMILES string of the molecule is CC(c1ccccc1)c1cc(C(=O)Nc2ccccc2)c(O)c(C(C)c2ccccc2)c1. The normalized spacial score (nSPS) is 12.7. The van der Waals surface area contributed by atoms with E-state index in [-0.39, 0.29) is 29.1 Å². The van der Waals surface area contributed by atoms with Crippen molar-refractivity contribution in [3.63, 3.8) is 0 Å². The first-order chi connectivity index (χ1) is 15.5. The molecule has 32 heavy (non-hydrogen) atoms. The Morgan fingerprint density at radius 2 is 1.19 bits per heavy atom. The number of phenolic OH excluding ortho intramolecular Hbond substituents is 1. The average molecular weight is 422 g/mol. The third-order valence-corrected chi connectivity index (χ3v) is 6.00. The van der Waals surface area contributed by atoms with Crippen molar-refractivity contribution in [2.75, 3.05) is 5.32 Å². The van der Waals surface area contributed by atoms with E-state index in [1.54, 1.807) is 0 Å². The number of benzene rings is 4. The van der Waals surface area contributed by atoms with Crippen molar-refractivity contribution in [1.29, 1.82) is 0 Å². The molecule has 0 bridgehead atoms. The van der Waals surface area contributed by atoms with Gasteiger partial charge < -0.3 is 10.4 Å². The Balaban J connectivity index is 1.80. The number of phenols is 1. The second-order valence-electron chi connectivity index (χ2n) is 8.09. The first kappa shape index (κ1) is 21.4. The summed E-state index contributed by atoms with van der Waals surface area (Å²) in [5.41, 5.74) is 4.95. The Hall–Kier alpha value is -3.85. The van der Waals surface area contributed by atoms with Crippen LogP contribution in [0.3, 0.4) is 0 Å². The summed E-state index contributed by atoms with van der Waals surface area (Å²) in [4.78, 5) is 13.2. The quantitative estimate of drug-likeness (QED) is 0.354. The molecule has 4 rings (SSSR count). The van der Waals surface area contributed by atoms with E-state index in [0.29, 0.717) is 5.69 Å². The summed E-state index contributed by atoms with van der Waals surface area (Å²) in [6.07, 6.45) is 0. The topological polar surface area (TPSA) is 49.3 Å². The Labute approximate surface area is 189 Å². The molecular weight excluding hydrogens is 394 g/mol. The van der Waals surface area contributed by atoms with Gasteiger partial charge in [0, 0.05) is 23.1 Å². The molecule has 3 nitrogen and oxygen atoms in total. The van der Waals surface area contributed by atoms with Crippen LogP contribution in [0.1, 0.15) is 58.3 Å². The molecule has 2 N–H and O–H groups in total. The van der Waals surface area contributed by atoms with E-state index >= 15 is 0 Å². The van der Waals surface area contributed by atoms with Crippen LogP contribution >= 0.6 is 0 Å². The number of hydrogen-bond donors (Lipinski definition) is 2. The molecule has 160 valence electrons. The molecule has 0 heterocycles. The molecule has 0 fully saturated rings. The van der Waals surface area contributed by atoms with E-state index in [2.05, 4.69) is 31.3 Å². The standard InChI is InChI=1S/C29H27NO2/c1-20(22-12-6-3-7-13-22)24-18-26(21(2)23-14-8-4-9-15-23)28(31)27(19-24)29(32)30-25-16-10-5-11-17-25/h3-21,31H,1-2H3,(H,30,32). The van der Waals surface area contributed by atoms with E-state index in [1.165, 1.54) is 0 Å². The van der Waals surface area contributed by atoms with Crippen molar-refractivity contribution in [2.24, 2.45) is 0 Å². The van der Waals surface area contributed by atoms with Gasteiger partial charge in [0.15, 0.2) is 0 Å². The van der Waals surface area contributed by atoms with E-state index < -0.39 is 0 Å². The highest BCUT2D eigenvalue weighted by molar-refractivity contribution is 6.06. The van der Waals surface area contributed by atoms with Crippen molar-refractivity contribution >= 4 is 11.6 Å². The van der Waals surface area contributed by atoms with Crippen LogP contribution in [0, 0.1) is 0 Å². The third-order valence-electron chi connectivity index (χ3n) is 6.00. The van der Waals surface area contributed by atoms with Crippen molar-refractivity contribution in [1.82, 2.24) is 0 Å². The van der Waals surface area contributed by atoms with Crippen molar-refractivity contribution in [3.8, 4) is 5.75 Å². The van der Waals surface area contributed by atoms with Crippen LogP contribution < -0.4 is 5.32 Å². The van der Waals surface area contributed by atoms with Crippen molar-refractivity contribution < 1.29 is 9.90 Å². The van der Waals surface area contributed by atoms with Crippen LogP contribution in [-0.4, -0.2) is 11.0 Å². The average Bonchev–Trinajstić information content (AvgIpc) is 2.85. The van der Waals surface area contributed by atoms with Gasteiger partial charge in [-0.25, -0.2) is 0 Å². The molecule has 0 aliphatic rings. The molecular formula is C29H27NO2. The minimum atomic E-state index is -0.322. The summed E-state index contributed by atoms with van der Waals surface area (Å²) in [5.74, 6) is -0.291. The summed E-state index contributed by atoms with van der Waals surface area (Å²) in [6, 6.07) is 33.4. The molecule has 4 aromatic carbocycles. The number of carbonyl (C=O) groups excluding carboxylic acids is 1. The van der Waals surface area contributed by atoms with Crippen LogP contribution in [0.25, 0.3) is 0 Å². The molecule has 2 atom stereocenters. The number of nitrogens with one attached hydrogen (secondary N) is 1. The predicted octanol–water partition coefficient (Wildman–Crippen LogP) is 6.95. The lowest BCUT2D eigenvalue weighted by atomic mass is 9.85. The van der Waals surface area contributed by atoms with Crippen LogP contribution in [0.15, 0.2) is 103 Å². The molecule has 1 amide bonds. The van der Waals surface area contributed by atoms with Gasteiger partial charge in [0.25, 0.3) is 5.91 Å². The number of anilines is 1. The molecule has 0 aromatic heterocycles. The van der Waals surface area contributed by atoms with Crippen LogP contribution in [0.4, 0.5) is 5.69 Å². The summed E-state index contributed by atoms with van der Waals surface area (Å²) < 4.78 is 0. The maximum Gasteiger partial charge on any atom is 0.259 e. The highest BCUT2D eigenvalue weighted by Crippen LogP contribution is 2.38. The lowest BCUT2D eigenvalue weighted by molar-refractivity contribution is 0.102. The lowest BCUT2D eigenvalue weighted by Gasteiger charge is -2.21. The predicted molar refractivity (Wildman–Crippen MR) is 130 cm³/mol. The molecule has 0 saturated carbocycles. The van der Waals surface area contributed by atoms with E-state index in [0.717, 1.165) is 22.3 Å². The lowest BCUT2D eigenvalue weighted by Crippen LogP contribution is -2.14. The number of amides is 1. The number of para-hydroxylation sites is 1. The van der Waals surface area contributed by atoms with Gasteiger partial charge in [-0.2, -0.15) is 0 Å². The smallest absolute Gasteiger partial charge is 0.259 e. The minimum absolute atomic E-state index is 0.0267. The van der Waals surface area contributed by atoms with Gasteiger partial charge in [-0.3, -0.25) is 4.79 Å². The van der Waals surface area contributed by atoms with Crippen molar-refractivity contribution in [2.45, 2.75) is 25.7 Å². The molecule has 0 spiro atoms. The minimum Gasteiger partial charge on any atom is -0.507 e. The third kappa shape index (κ3) is 4.57. The number of carbonyl (C=O) groups is 1. The second-order valence-corrected chi connectivity index (χ2v) is 8.09. The van der Waals surface area contributed by atoms with Crippen molar-refractivity contribution in [3.05, 3.63) is 131 Å². The first-order valence-corrected chi connectivity index (χ1v) is 10.9. The van der Waals surface area contributed by atoms with E-state index in [4.69, 9.17) is 0 Å². The summed E-state index contributed by atoms with van der Waals surface area (Å²) in [5, 5.41) is 14.1. The molecule has 0 aliphatic heterocycles. The van der Waals surface area contributed by atoms with Gasteiger partial charge in [-0.1, -0.05) is 98.8 Å². The molecule has 0 aliphatic carbocycles. The van der Waals surface area contributed by atoms with Crippen LogP contribution in [0.5, 0.6) is 5.75 Å². The highest BCUT2D eigenvalue weighted by atomic mass is 16.3. The monoisotopic (exact) mass is 421 g/mol. The molecule has 0 saturated heterocycles. The molecule has 4 aromatic rings. The number of aromatic hydroxyl groups is 1. The zero-order chi connectivity index (χ0) is 22.5. The van der Waals surface area contributed by atoms with Gasteiger partial charge in [-0.15, -0.1) is 0 Å². The maximum atomic E-state index is 13.2.